The van der Waals surface area contributed by atoms with Crippen LogP contribution in [-0.2, 0) is 0 Å². The minimum absolute atomic E-state index is 0. The van der Waals surface area contributed by atoms with Crippen molar-refractivity contribution in [1.82, 2.24) is 0 Å². The van der Waals surface area contributed by atoms with Gasteiger partial charge in [0.2, 0.25) is 0 Å². The second-order valence-electron chi connectivity index (χ2n) is 2.87. The molecular formula is C9H20ClNO. The molecule has 0 aliphatic heterocycles. The molecule has 0 saturated heterocycles. The molecule has 0 rings (SSSR count). The van der Waals surface area contributed by atoms with Crippen molar-refractivity contribution in [2.75, 3.05) is 0 Å². The summed E-state index contributed by atoms with van der Waals surface area (Å²) < 4.78 is 0. The fraction of sp³-hybridized carbons (Fsp3) is 0.889. The molecule has 0 aromatic carbocycles. The largest absolute Gasteiger partial charge is 0.411 e. The van der Waals surface area contributed by atoms with E-state index in [9.17, 15) is 0 Å². The molecule has 0 aromatic rings. The average Bonchev–Trinajstić information content (AvgIpc) is 2.03. The van der Waals surface area contributed by atoms with Crippen LogP contribution in [0.15, 0.2) is 5.16 Å². The van der Waals surface area contributed by atoms with Gasteiger partial charge in [0, 0.05) is 0 Å². The summed E-state index contributed by atoms with van der Waals surface area (Å²) in [7, 11) is 0. The van der Waals surface area contributed by atoms with Gasteiger partial charge in [0.1, 0.15) is 0 Å². The van der Waals surface area contributed by atoms with Gasteiger partial charge in [0.05, 0.1) is 5.71 Å². The summed E-state index contributed by atoms with van der Waals surface area (Å²) in [6.45, 7) is 4.28. The molecule has 0 bridgehead atoms. The van der Waals surface area contributed by atoms with Crippen LogP contribution in [0.1, 0.15) is 52.4 Å². The lowest BCUT2D eigenvalue weighted by atomic mass is 10.1. The first-order valence-corrected chi connectivity index (χ1v) is 4.54. The maximum atomic E-state index is 8.54. The quantitative estimate of drug-likeness (QED) is 0.297. The molecule has 0 unspecified atom stereocenters. The molecule has 0 aliphatic rings. The van der Waals surface area contributed by atoms with Gasteiger partial charge in [-0.05, 0) is 19.3 Å². The number of oxime groups is 1. The molecule has 3 heteroatoms. The molecule has 2 nitrogen and oxygen atoms in total. The molecule has 12 heavy (non-hydrogen) atoms. The monoisotopic (exact) mass is 193 g/mol. The third-order valence-corrected chi connectivity index (χ3v) is 1.75. The SMILES string of the molecule is CCCCCC(CCC)=NO.Cl. The van der Waals surface area contributed by atoms with Crippen LogP contribution in [-0.4, -0.2) is 10.9 Å². The van der Waals surface area contributed by atoms with Crippen molar-refractivity contribution in [2.45, 2.75) is 52.4 Å². The molecule has 0 saturated carbocycles. The fourth-order valence-electron chi connectivity index (χ4n) is 1.09. The molecule has 1 N–H and O–H groups in total. The number of hydrogen-bond donors (Lipinski definition) is 1. The van der Waals surface area contributed by atoms with E-state index >= 15 is 0 Å². The van der Waals surface area contributed by atoms with Gasteiger partial charge in [-0.3, -0.25) is 0 Å². The van der Waals surface area contributed by atoms with Gasteiger partial charge in [-0.2, -0.15) is 0 Å². The Balaban J connectivity index is 0. The van der Waals surface area contributed by atoms with Gasteiger partial charge in [-0.25, -0.2) is 0 Å². The second-order valence-corrected chi connectivity index (χ2v) is 2.87. The van der Waals surface area contributed by atoms with Crippen molar-refractivity contribution < 1.29 is 5.21 Å². The summed E-state index contributed by atoms with van der Waals surface area (Å²) in [6.07, 6.45) is 6.62. The standard InChI is InChI=1S/C9H19NO.ClH/c1-3-5-6-8-9(10-11)7-4-2;/h11H,3-8H2,1-2H3;1H. The van der Waals surface area contributed by atoms with Gasteiger partial charge in [-0.1, -0.05) is 38.3 Å². The van der Waals surface area contributed by atoms with Crippen LogP contribution >= 0.6 is 12.4 Å². The Kier molecular flexibility index (Phi) is 12.8. The number of nitrogens with zero attached hydrogens (tertiary/aromatic N) is 1. The van der Waals surface area contributed by atoms with Crippen molar-refractivity contribution in [3.8, 4) is 0 Å². The van der Waals surface area contributed by atoms with E-state index in [2.05, 4.69) is 19.0 Å². The molecule has 0 amide bonds. The van der Waals surface area contributed by atoms with E-state index in [1.54, 1.807) is 0 Å². The molecule has 0 aromatic heterocycles. The molecular weight excluding hydrogens is 174 g/mol. The Morgan fingerprint density at radius 2 is 1.75 bits per heavy atom. The van der Waals surface area contributed by atoms with Crippen LogP contribution in [0.4, 0.5) is 0 Å². The first-order valence-electron chi connectivity index (χ1n) is 4.54. The first-order chi connectivity index (χ1) is 5.35. The van der Waals surface area contributed by atoms with Crippen molar-refractivity contribution >= 4 is 18.1 Å². The molecule has 0 spiro atoms. The summed E-state index contributed by atoms with van der Waals surface area (Å²) >= 11 is 0. The highest BCUT2D eigenvalue weighted by molar-refractivity contribution is 5.85. The van der Waals surface area contributed by atoms with Crippen LogP contribution in [0, 0.1) is 0 Å². The lowest BCUT2D eigenvalue weighted by Gasteiger charge is -2.00. The molecule has 74 valence electrons. The normalized spacial score (nSPS) is 11.0. The zero-order valence-electron chi connectivity index (χ0n) is 8.05. The minimum atomic E-state index is 0. The molecule has 0 radical (unpaired) electrons. The third kappa shape index (κ3) is 7.86. The van der Waals surface area contributed by atoms with Crippen LogP contribution in [0.5, 0.6) is 0 Å². The van der Waals surface area contributed by atoms with Crippen molar-refractivity contribution in [3.63, 3.8) is 0 Å². The predicted molar refractivity (Wildman–Crippen MR) is 55.5 cm³/mol. The van der Waals surface area contributed by atoms with E-state index in [0.29, 0.717) is 0 Å². The molecule has 0 heterocycles. The lowest BCUT2D eigenvalue weighted by molar-refractivity contribution is 0.315. The van der Waals surface area contributed by atoms with Crippen molar-refractivity contribution in [3.05, 3.63) is 0 Å². The van der Waals surface area contributed by atoms with Gasteiger partial charge >= 0.3 is 0 Å². The van der Waals surface area contributed by atoms with Gasteiger partial charge in [-0.15, -0.1) is 12.4 Å². The van der Waals surface area contributed by atoms with E-state index in [0.717, 1.165) is 31.4 Å². The number of halogens is 1. The predicted octanol–water partition coefficient (Wildman–Crippen LogP) is 3.62. The number of rotatable bonds is 6. The van der Waals surface area contributed by atoms with Gasteiger partial charge < -0.3 is 5.21 Å². The number of unbranched alkanes of at least 4 members (excludes halogenated alkanes) is 2. The van der Waals surface area contributed by atoms with E-state index < -0.39 is 0 Å². The van der Waals surface area contributed by atoms with Crippen LogP contribution in [0.3, 0.4) is 0 Å². The zero-order chi connectivity index (χ0) is 8.53. The van der Waals surface area contributed by atoms with E-state index in [-0.39, 0.29) is 12.4 Å². The zero-order valence-corrected chi connectivity index (χ0v) is 8.86. The van der Waals surface area contributed by atoms with E-state index in [1.807, 2.05) is 0 Å². The highest BCUT2D eigenvalue weighted by Crippen LogP contribution is 2.04. The average molecular weight is 194 g/mol. The lowest BCUT2D eigenvalue weighted by Crippen LogP contribution is -1.97. The maximum Gasteiger partial charge on any atom is 0.0570 e. The smallest absolute Gasteiger partial charge is 0.0570 e. The summed E-state index contributed by atoms with van der Waals surface area (Å²) in [5.41, 5.74) is 0.959. The van der Waals surface area contributed by atoms with Crippen LogP contribution in [0.2, 0.25) is 0 Å². The number of hydrogen-bond acceptors (Lipinski definition) is 2. The van der Waals surface area contributed by atoms with Gasteiger partial charge in [0.15, 0.2) is 0 Å². The molecule has 0 aliphatic carbocycles. The molecule has 0 atom stereocenters. The Morgan fingerprint density at radius 3 is 2.17 bits per heavy atom. The van der Waals surface area contributed by atoms with Gasteiger partial charge in [0.25, 0.3) is 0 Å². The van der Waals surface area contributed by atoms with Crippen molar-refractivity contribution in [1.29, 1.82) is 0 Å². The van der Waals surface area contributed by atoms with Crippen LogP contribution < -0.4 is 0 Å². The maximum absolute atomic E-state index is 8.54. The Hall–Kier alpha value is -0.240. The summed E-state index contributed by atoms with van der Waals surface area (Å²) in [6, 6.07) is 0. The second kappa shape index (κ2) is 10.8. The summed E-state index contributed by atoms with van der Waals surface area (Å²) in [5, 5.41) is 11.8. The Labute approximate surface area is 81.5 Å². The first kappa shape index (κ1) is 14.3. The topological polar surface area (TPSA) is 32.6 Å². The summed E-state index contributed by atoms with van der Waals surface area (Å²) in [5.74, 6) is 0. The minimum Gasteiger partial charge on any atom is -0.411 e. The Bertz CT molecular complexity index is 115. The fourth-order valence-corrected chi connectivity index (χ4v) is 1.09. The van der Waals surface area contributed by atoms with E-state index in [1.165, 1.54) is 12.8 Å². The highest BCUT2D eigenvalue weighted by atomic mass is 35.5. The Morgan fingerprint density at radius 1 is 1.08 bits per heavy atom. The third-order valence-electron chi connectivity index (χ3n) is 1.75. The highest BCUT2D eigenvalue weighted by Gasteiger charge is 1.97. The van der Waals surface area contributed by atoms with Crippen molar-refractivity contribution in [2.24, 2.45) is 5.16 Å². The van der Waals surface area contributed by atoms with E-state index in [4.69, 9.17) is 5.21 Å². The van der Waals surface area contributed by atoms with Crippen LogP contribution in [0.25, 0.3) is 0 Å². The summed E-state index contributed by atoms with van der Waals surface area (Å²) in [4.78, 5) is 0. The molecule has 0 fully saturated rings.